The topological polar surface area (TPSA) is 51.2 Å². The van der Waals surface area contributed by atoms with Crippen LogP contribution in [0.3, 0.4) is 0 Å². The molecule has 0 aliphatic rings. The van der Waals surface area contributed by atoms with Crippen LogP contribution >= 0.6 is 12.2 Å². The normalized spacial score (nSPS) is 11.5. The van der Waals surface area contributed by atoms with Gasteiger partial charge in [-0.15, -0.1) is 0 Å². The SMILES string of the molecule is CC=C(N)c1ccc(-c2ccc(NCc3oc(CC)cc(=S)c3C)cc2)cc1. The predicted octanol–water partition coefficient (Wildman–Crippen LogP) is 6.48. The van der Waals surface area contributed by atoms with Gasteiger partial charge in [-0.05, 0) is 48.7 Å². The van der Waals surface area contributed by atoms with Crippen molar-refractivity contribution < 1.29 is 4.42 Å². The third kappa shape index (κ3) is 4.52. The molecule has 0 radical (unpaired) electrons. The van der Waals surface area contributed by atoms with Crippen LogP contribution in [-0.2, 0) is 13.0 Å². The van der Waals surface area contributed by atoms with Crippen LogP contribution in [0.15, 0.2) is 65.1 Å². The van der Waals surface area contributed by atoms with Crippen molar-refractivity contribution in [3.63, 3.8) is 0 Å². The first-order valence-electron chi connectivity index (χ1n) is 9.50. The minimum atomic E-state index is 0.611. The molecule has 0 fully saturated rings. The van der Waals surface area contributed by atoms with Gasteiger partial charge in [0.2, 0.25) is 0 Å². The number of nitrogens with one attached hydrogen (secondary N) is 1. The van der Waals surface area contributed by atoms with Crippen molar-refractivity contribution in [3.05, 3.63) is 87.8 Å². The standard InChI is InChI=1S/C24H26N2OS/c1-4-21-14-24(28)16(3)23(27-21)15-26-20-12-10-18(11-13-20)17-6-8-19(9-7-17)22(25)5-2/h5-14,26H,4,15,25H2,1-3H3. The third-order valence-corrected chi connectivity index (χ3v) is 5.31. The lowest BCUT2D eigenvalue weighted by atomic mass is 10.0. The number of nitrogens with two attached hydrogens (primary N) is 1. The molecule has 3 N–H and O–H groups in total. The number of rotatable bonds is 6. The summed E-state index contributed by atoms with van der Waals surface area (Å²) in [7, 11) is 0. The largest absolute Gasteiger partial charge is 0.464 e. The van der Waals surface area contributed by atoms with Crippen molar-refractivity contribution in [1.29, 1.82) is 0 Å². The average Bonchev–Trinajstić information content (AvgIpc) is 2.74. The van der Waals surface area contributed by atoms with Gasteiger partial charge in [-0.1, -0.05) is 61.6 Å². The molecule has 0 spiro atoms. The first-order valence-corrected chi connectivity index (χ1v) is 9.91. The smallest absolute Gasteiger partial charge is 0.127 e. The molecule has 2 aromatic carbocycles. The van der Waals surface area contributed by atoms with E-state index in [0.29, 0.717) is 6.54 Å². The molecular weight excluding hydrogens is 364 g/mol. The summed E-state index contributed by atoms with van der Waals surface area (Å²) in [5.41, 5.74) is 12.2. The predicted molar refractivity (Wildman–Crippen MR) is 121 cm³/mol. The van der Waals surface area contributed by atoms with Crippen LogP contribution < -0.4 is 11.1 Å². The molecule has 4 heteroatoms. The highest BCUT2D eigenvalue weighted by atomic mass is 32.1. The maximum absolute atomic E-state index is 5.96. The van der Waals surface area contributed by atoms with Crippen molar-refractivity contribution >= 4 is 23.6 Å². The zero-order valence-corrected chi connectivity index (χ0v) is 17.4. The molecule has 0 amide bonds. The highest BCUT2D eigenvalue weighted by Gasteiger charge is 2.06. The van der Waals surface area contributed by atoms with Gasteiger partial charge in [0.25, 0.3) is 0 Å². The van der Waals surface area contributed by atoms with Gasteiger partial charge in [-0.3, -0.25) is 0 Å². The third-order valence-electron chi connectivity index (χ3n) is 4.88. The van der Waals surface area contributed by atoms with Crippen LogP contribution in [-0.4, -0.2) is 0 Å². The average molecular weight is 391 g/mol. The van der Waals surface area contributed by atoms with E-state index < -0.39 is 0 Å². The van der Waals surface area contributed by atoms with Crippen LogP contribution in [0.2, 0.25) is 0 Å². The van der Waals surface area contributed by atoms with Crippen molar-refractivity contribution in [2.75, 3.05) is 5.32 Å². The summed E-state index contributed by atoms with van der Waals surface area (Å²) in [6.45, 7) is 6.63. The summed E-state index contributed by atoms with van der Waals surface area (Å²) >= 11 is 5.43. The van der Waals surface area contributed by atoms with Gasteiger partial charge < -0.3 is 15.5 Å². The summed E-state index contributed by atoms with van der Waals surface area (Å²) in [4.78, 5) is 0. The second-order valence-corrected chi connectivity index (χ2v) is 7.17. The summed E-state index contributed by atoms with van der Waals surface area (Å²) in [6.07, 6.45) is 2.75. The Morgan fingerprint density at radius 1 is 1.07 bits per heavy atom. The van der Waals surface area contributed by atoms with Gasteiger partial charge in [0, 0.05) is 27.9 Å². The highest BCUT2D eigenvalue weighted by molar-refractivity contribution is 7.71. The molecule has 28 heavy (non-hydrogen) atoms. The minimum Gasteiger partial charge on any atom is -0.464 e. The Balaban J connectivity index is 1.72. The first kappa shape index (κ1) is 19.9. The van der Waals surface area contributed by atoms with E-state index >= 15 is 0 Å². The molecule has 3 nitrogen and oxygen atoms in total. The van der Waals surface area contributed by atoms with Crippen molar-refractivity contribution in [2.45, 2.75) is 33.7 Å². The Hall–Kier alpha value is -2.85. The number of aryl methyl sites for hydroxylation is 1. The van der Waals surface area contributed by atoms with E-state index in [4.69, 9.17) is 22.4 Å². The molecule has 3 rings (SSSR count). The van der Waals surface area contributed by atoms with E-state index in [1.54, 1.807) is 0 Å². The molecule has 144 valence electrons. The lowest BCUT2D eigenvalue weighted by Crippen LogP contribution is -2.02. The number of hydrogen-bond acceptors (Lipinski definition) is 4. The fourth-order valence-electron chi connectivity index (χ4n) is 2.98. The second kappa shape index (κ2) is 8.89. The summed E-state index contributed by atoms with van der Waals surface area (Å²) < 4.78 is 6.81. The van der Waals surface area contributed by atoms with E-state index in [2.05, 4.69) is 48.6 Å². The second-order valence-electron chi connectivity index (χ2n) is 6.73. The van der Waals surface area contributed by atoms with E-state index in [-0.39, 0.29) is 0 Å². The molecule has 0 saturated heterocycles. The number of anilines is 1. The van der Waals surface area contributed by atoms with Gasteiger partial charge in [0.05, 0.1) is 6.54 Å². The van der Waals surface area contributed by atoms with Crippen LogP contribution in [0.25, 0.3) is 16.8 Å². The van der Waals surface area contributed by atoms with E-state index in [1.807, 2.05) is 38.1 Å². The zero-order valence-electron chi connectivity index (χ0n) is 16.6. The fourth-order valence-corrected chi connectivity index (χ4v) is 3.23. The molecular formula is C24H26N2OS. The maximum atomic E-state index is 5.96. The summed E-state index contributed by atoms with van der Waals surface area (Å²) in [6, 6.07) is 18.6. The van der Waals surface area contributed by atoms with Gasteiger partial charge in [-0.25, -0.2) is 0 Å². The number of hydrogen-bond donors (Lipinski definition) is 2. The minimum absolute atomic E-state index is 0.611. The molecule has 0 aliphatic heterocycles. The van der Waals surface area contributed by atoms with Crippen LogP contribution in [0.4, 0.5) is 5.69 Å². The van der Waals surface area contributed by atoms with Crippen molar-refractivity contribution in [1.82, 2.24) is 0 Å². The zero-order chi connectivity index (χ0) is 20.1. The lowest BCUT2D eigenvalue weighted by molar-refractivity contribution is 0.452. The van der Waals surface area contributed by atoms with Gasteiger partial charge >= 0.3 is 0 Å². The monoisotopic (exact) mass is 390 g/mol. The number of benzene rings is 2. The molecule has 3 aromatic rings. The van der Waals surface area contributed by atoms with E-state index in [0.717, 1.165) is 56.1 Å². The van der Waals surface area contributed by atoms with Crippen molar-refractivity contribution in [3.8, 4) is 11.1 Å². The van der Waals surface area contributed by atoms with Crippen LogP contribution in [0, 0.1) is 11.4 Å². The number of allylic oxidation sites excluding steroid dienone is 1. The Bertz CT molecular complexity index is 1030. The van der Waals surface area contributed by atoms with Gasteiger partial charge in [0.1, 0.15) is 11.5 Å². The van der Waals surface area contributed by atoms with Gasteiger partial charge in [0.15, 0.2) is 0 Å². The molecule has 0 aliphatic carbocycles. The summed E-state index contributed by atoms with van der Waals surface area (Å²) in [5, 5.41) is 3.43. The van der Waals surface area contributed by atoms with Crippen LogP contribution in [0.1, 0.15) is 36.5 Å². The van der Waals surface area contributed by atoms with E-state index in [1.165, 1.54) is 0 Å². The fraction of sp³-hybridized carbons (Fsp3) is 0.208. The van der Waals surface area contributed by atoms with Crippen LogP contribution in [0.5, 0.6) is 0 Å². The Labute approximate surface area is 171 Å². The van der Waals surface area contributed by atoms with E-state index in [9.17, 15) is 0 Å². The summed E-state index contributed by atoms with van der Waals surface area (Å²) in [5.74, 6) is 1.82. The molecule has 0 atom stereocenters. The molecule has 0 saturated carbocycles. The Kier molecular flexibility index (Phi) is 6.32. The lowest BCUT2D eigenvalue weighted by Gasteiger charge is -2.11. The molecule has 1 aromatic heterocycles. The Morgan fingerprint density at radius 3 is 2.25 bits per heavy atom. The molecule has 0 bridgehead atoms. The molecule has 1 heterocycles. The molecule has 0 unspecified atom stereocenters. The Morgan fingerprint density at radius 2 is 1.68 bits per heavy atom. The van der Waals surface area contributed by atoms with Gasteiger partial charge in [-0.2, -0.15) is 0 Å². The van der Waals surface area contributed by atoms with Crippen molar-refractivity contribution in [2.24, 2.45) is 5.73 Å². The first-order chi connectivity index (χ1) is 13.5. The maximum Gasteiger partial charge on any atom is 0.127 e. The quantitative estimate of drug-likeness (QED) is 0.473. The highest BCUT2D eigenvalue weighted by Crippen LogP contribution is 2.24.